The van der Waals surface area contributed by atoms with Gasteiger partial charge in [0.15, 0.2) is 0 Å². The molecule has 2 aromatic rings. The Morgan fingerprint density at radius 3 is 2.04 bits per heavy atom. The van der Waals surface area contributed by atoms with Crippen LogP contribution in [-0.2, 0) is 0 Å². The maximum atomic E-state index is 6.43. The lowest BCUT2D eigenvalue weighted by Gasteiger charge is -2.17. The Hall–Kier alpha value is -2.19. The van der Waals surface area contributed by atoms with E-state index >= 15 is 0 Å². The van der Waals surface area contributed by atoms with E-state index in [0.717, 1.165) is 38.3 Å². The third-order valence-electron chi connectivity index (χ3n) is 4.45. The smallest absolute Gasteiger partial charge is 0.0423 e. The fraction of sp³-hybridized carbons (Fsp3) is 0.182. The van der Waals surface area contributed by atoms with Crippen LogP contribution in [0.1, 0.15) is 34.7 Å². The molecule has 0 heterocycles. The predicted molar refractivity (Wildman–Crippen MR) is 109 cm³/mol. The van der Waals surface area contributed by atoms with Crippen molar-refractivity contribution in [3.63, 3.8) is 0 Å². The molecule has 0 atom stereocenters. The SMILES string of the molecule is C=C(/C(C)=C(\N)C(=C)c1cc(S)ccc1C)c1cc(C)ccc1C. The Labute approximate surface area is 151 Å². The van der Waals surface area contributed by atoms with E-state index in [1.54, 1.807) is 0 Å². The van der Waals surface area contributed by atoms with Crippen LogP contribution in [0.2, 0.25) is 0 Å². The van der Waals surface area contributed by atoms with Crippen molar-refractivity contribution in [1.29, 1.82) is 0 Å². The normalized spacial score (nSPS) is 11.9. The summed E-state index contributed by atoms with van der Waals surface area (Å²) in [6.07, 6.45) is 0. The zero-order chi connectivity index (χ0) is 18.0. The van der Waals surface area contributed by atoms with Crippen LogP contribution in [0.25, 0.3) is 11.1 Å². The van der Waals surface area contributed by atoms with Gasteiger partial charge in [-0.3, -0.25) is 0 Å². The zero-order valence-corrected chi connectivity index (χ0v) is 15.8. The van der Waals surface area contributed by atoms with Crippen LogP contribution in [-0.4, -0.2) is 0 Å². The lowest BCUT2D eigenvalue weighted by atomic mass is 9.90. The van der Waals surface area contributed by atoms with Crippen molar-refractivity contribution < 1.29 is 0 Å². The van der Waals surface area contributed by atoms with Gasteiger partial charge in [-0.2, -0.15) is 0 Å². The summed E-state index contributed by atoms with van der Waals surface area (Å²) >= 11 is 4.42. The Balaban J connectivity index is 2.46. The molecule has 0 spiro atoms. The number of allylic oxidation sites excluding steroid dienone is 3. The van der Waals surface area contributed by atoms with Crippen molar-refractivity contribution in [2.45, 2.75) is 32.6 Å². The van der Waals surface area contributed by atoms with Crippen molar-refractivity contribution in [2.24, 2.45) is 5.73 Å². The molecule has 0 aromatic heterocycles. The maximum Gasteiger partial charge on any atom is 0.0423 e. The lowest BCUT2D eigenvalue weighted by molar-refractivity contribution is 1.28. The second-order valence-corrected chi connectivity index (χ2v) is 6.83. The van der Waals surface area contributed by atoms with Crippen molar-refractivity contribution in [3.05, 3.63) is 88.6 Å². The van der Waals surface area contributed by atoms with Gasteiger partial charge in [-0.1, -0.05) is 43.0 Å². The summed E-state index contributed by atoms with van der Waals surface area (Å²) in [5, 5.41) is 0. The average molecular weight is 336 g/mol. The summed E-state index contributed by atoms with van der Waals surface area (Å²) in [6, 6.07) is 12.4. The van der Waals surface area contributed by atoms with Crippen molar-refractivity contribution in [2.75, 3.05) is 0 Å². The number of benzene rings is 2. The first-order valence-corrected chi connectivity index (χ1v) is 8.39. The molecule has 0 saturated heterocycles. The minimum absolute atomic E-state index is 0.669. The molecule has 2 N–H and O–H groups in total. The van der Waals surface area contributed by atoms with Gasteiger partial charge >= 0.3 is 0 Å². The van der Waals surface area contributed by atoms with Gasteiger partial charge in [0.1, 0.15) is 0 Å². The van der Waals surface area contributed by atoms with E-state index in [2.05, 4.69) is 64.8 Å². The molecule has 2 heteroatoms. The Kier molecular flexibility index (Phi) is 5.40. The fourth-order valence-electron chi connectivity index (χ4n) is 2.73. The third-order valence-corrected chi connectivity index (χ3v) is 4.72. The second-order valence-electron chi connectivity index (χ2n) is 6.31. The highest BCUT2D eigenvalue weighted by atomic mass is 32.1. The highest BCUT2D eigenvalue weighted by molar-refractivity contribution is 7.80. The van der Waals surface area contributed by atoms with Gasteiger partial charge in [-0.25, -0.2) is 0 Å². The van der Waals surface area contributed by atoms with Crippen LogP contribution >= 0.6 is 12.6 Å². The van der Waals surface area contributed by atoms with Crippen molar-refractivity contribution in [1.82, 2.24) is 0 Å². The predicted octanol–water partition coefficient (Wildman–Crippen LogP) is 5.86. The molecule has 1 nitrogen and oxygen atoms in total. The summed E-state index contributed by atoms with van der Waals surface area (Å²) in [6.45, 7) is 16.7. The molecule has 0 aliphatic rings. The van der Waals surface area contributed by atoms with Crippen LogP contribution in [0, 0.1) is 20.8 Å². The number of hydrogen-bond acceptors (Lipinski definition) is 2. The van der Waals surface area contributed by atoms with Crippen LogP contribution in [0.3, 0.4) is 0 Å². The molecule has 0 aliphatic carbocycles. The van der Waals surface area contributed by atoms with E-state index in [1.807, 2.05) is 25.1 Å². The monoisotopic (exact) mass is 335 g/mol. The van der Waals surface area contributed by atoms with E-state index < -0.39 is 0 Å². The number of nitrogens with two attached hydrogens (primary N) is 1. The van der Waals surface area contributed by atoms with Crippen LogP contribution in [0.4, 0.5) is 0 Å². The minimum atomic E-state index is 0.669. The van der Waals surface area contributed by atoms with E-state index in [-0.39, 0.29) is 0 Å². The van der Waals surface area contributed by atoms with Crippen molar-refractivity contribution >= 4 is 23.8 Å². The van der Waals surface area contributed by atoms with Gasteiger partial charge in [0.2, 0.25) is 0 Å². The molecule has 124 valence electrons. The third kappa shape index (κ3) is 3.65. The van der Waals surface area contributed by atoms with Gasteiger partial charge in [0.05, 0.1) is 0 Å². The maximum absolute atomic E-state index is 6.43. The minimum Gasteiger partial charge on any atom is -0.398 e. The molecule has 0 saturated carbocycles. The molecule has 2 aromatic carbocycles. The lowest BCUT2D eigenvalue weighted by Crippen LogP contribution is -2.06. The number of hydrogen-bond donors (Lipinski definition) is 2. The van der Waals surface area contributed by atoms with Crippen molar-refractivity contribution in [3.8, 4) is 0 Å². The first-order chi connectivity index (χ1) is 11.2. The van der Waals surface area contributed by atoms with Crippen LogP contribution < -0.4 is 5.73 Å². The van der Waals surface area contributed by atoms with E-state index in [1.165, 1.54) is 11.1 Å². The Morgan fingerprint density at radius 1 is 0.875 bits per heavy atom. The summed E-state index contributed by atoms with van der Waals surface area (Å²) in [5.41, 5.74) is 15.5. The van der Waals surface area contributed by atoms with Gasteiger partial charge in [0, 0.05) is 10.6 Å². The summed E-state index contributed by atoms with van der Waals surface area (Å²) in [5.74, 6) is 0. The topological polar surface area (TPSA) is 26.0 Å². The van der Waals surface area contributed by atoms with E-state index in [4.69, 9.17) is 5.73 Å². The quantitative estimate of drug-likeness (QED) is 0.531. The molecule has 0 bridgehead atoms. The highest BCUT2D eigenvalue weighted by Gasteiger charge is 2.13. The average Bonchev–Trinajstić information content (AvgIpc) is 2.56. The molecule has 0 radical (unpaired) electrons. The number of rotatable bonds is 4. The number of thiol groups is 1. The fourth-order valence-corrected chi connectivity index (χ4v) is 2.94. The Morgan fingerprint density at radius 2 is 1.42 bits per heavy atom. The zero-order valence-electron chi connectivity index (χ0n) is 14.9. The largest absolute Gasteiger partial charge is 0.398 e. The standard InChI is InChI=1S/C22H25NS/c1-13-7-8-14(2)20(11-13)16(4)17(5)22(23)18(6)21-12-19(24)10-9-15(21)3/h7-12,24H,4,6,23H2,1-3,5H3/b22-17-. The Bertz CT molecular complexity index is 785. The molecule has 0 unspecified atom stereocenters. The summed E-state index contributed by atoms with van der Waals surface area (Å²) < 4.78 is 0. The first-order valence-electron chi connectivity index (χ1n) is 7.95. The first kappa shape index (κ1) is 18.2. The molecule has 2 rings (SSSR count). The molecule has 0 aliphatic heterocycles. The van der Waals surface area contributed by atoms with Gasteiger partial charge < -0.3 is 5.73 Å². The van der Waals surface area contributed by atoms with Crippen LogP contribution in [0.15, 0.2) is 65.7 Å². The van der Waals surface area contributed by atoms with Crippen LogP contribution in [0.5, 0.6) is 0 Å². The molecular weight excluding hydrogens is 310 g/mol. The van der Waals surface area contributed by atoms with E-state index in [0.29, 0.717) is 5.70 Å². The number of aryl methyl sites for hydroxylation is 3. The van der Waals surface area contributed by atoms with Gasteiger partial charge in [-0.05, 0) is 78.8 Å². The van der Waals surface area contributed by atoms with E-state index in [9.17, 15) is 0 Å². The summed E-state index contributed by atoms with van der Waals surface area (Å²) in [7, 11) is 0. The second kappa shape index (κ2) is 7.14. The summed E-state index contributed by atoms with van der Waals surface area (Å²) in [4.78, 5) is 0.899. The highest BCUT2D eigenvalue weighted by Crippen LogP contribution is 2.31. The van der Waals surface area contributed by atoms with Gasteiger partial charge in [-0.15, -0.1) is 12.6 Å². The molecule has 0 amide bonds. The molecule has 24 heavy (non-hydrogen) atoms. The molecule has 0 fully saturated rings. The van der Waals surface area contributed by atoms with Gasteiger partial charge in [0.25, 0.3) is 0 Å². The molecular formula is C22H25NS.